The number of benzene rings is 1. The minimum atomic E-state index is -0.452. The number of nitrogen functional groups attached to an aromatic ring is 1. The third kappa shape index (κ3) is 3.24. The lowest BCUT2D eigenvalue weighted by molar-refractivity contribution is -0.0526. The van der Waals surface area contributed by atoms with Crippen molar-refractivity contribution >= 4 is 11.6 Å². The van der Waals surface area contributed by atoms with E-state index in [4.69, 9.17) is 16.2 Å². The van der Waals surface area contributed by atoms with Crippen molar-refractivity contribution in [3.05, 3.63) is 29.3 Å². The van der Waals surface area contributed by atoms with E-state index in [0.717, 1.165) is 25.3 Å². The van der Waals surface area contributed by atoms with Crippen LogP contribution in [-0.2, 0) is 11.3 Å². The molecule has 0 spiro atoms. The fraction of sp³-hybridized carbons (Fsp3) is 0.500. The first-order valence-electron chi connectivity index (χ1n) is 6.51. The number of primary amides is 1. The lowest BCUT2D eigenvalue weighted by Gasteiger charge is -2.37. The second kappa shape index (κ2) is 5.59. The highest BCUT2D eigenvalue weighted by atomic mass is 16.5. The molecule has 0 aromatic heterocycles. The third-order valence-electron chi connectivity index (χ3n) is 3.54. The second-order valence-corrected chi connectivity index (χ2v) is 5.20. The Kier molecular flexibility index (Phi) is 4.07. The van der Waals surface area contributed by atoms with Crippen molar-refractivity contribution in [3.63, 3.8) is 0 Å². The summed E-state index contributed by atoms with van der Waals surface area (Å²) in [6.07, 6.45) is 0.238. The first-order valence-corrected chi connectivity index (χ1v) is 6.51. The zero-order chi connectivity index (χ0) is 14.0. The van der Waals surface area contributed by atoms with Crippen LogP contribution in [0.2, 0.25) is 0 Å². The maximum atomic E-state index is 11.1. The van der Waals surface area contributed by atoms with Crippen LogP contribution in [0.25, 0.3) is 0 Å². The number of hydrogen-bond donors (Lipinski definition) is 2. The molecule has 0 bridgehead atoms. The number of ether oxygens (including phenoxy) is 1. The number of amides is 1. The van der Waals surface area contributed by atoms with Crippen LogP contribution >= 0.6 is 0 Å². The monoisotopic (exact) mass is 263 g/mol. The molecule has 19 heavy (non-hydrogen) atoms. The summed E-state index contributed by atoms with van der Waals surface area (Å²) >= 11 is 0. The molecule has 2 rings (SSSR count). The number of rotatable bonds is 3. The van der Waals surface area contributed by atoms with Gasteiger partial charge in [-0.2, -0.15) is 0 Å². The van der Waals surface area contributed by atoms with Crippen LogP contribution in [0, 0.1) is 0 Å². The van der Waals surface area contributed by atoms with E-state index in [0.29, 0.717) is 17.3 Å². The molecule has 0 radical (unpaired) electrons. The van der Waals surface area contributed by atoms with Crippen molar-refractivity contribution in [2.75, 3.05) is 18.9 Å². The van der Waals surface area contributed by atoms with Crippen LogP contribution in [0.3, 0.4) is 0 Å². The normalized spacial score (nSPS) is 24.3. The van der Waals surface area contributed by atoms with Gasteiger partial charge < -0.3 is 16.2 Å². The summed E-state index contributed by atoms with van der Waals surface area (Å²) in [5, 5.41) is 0. The Morgan fingerprint density at radius 3 is 2.84 bits per heavy atom. The van der Waals surface area contributed by atoms with E-state index in [1.165, 1.54) is 0 Å². The fourth-order valence-electron chi connectivity index (χ4n) is 2.30. The number of morpholine rings is 1. The number of nitrogens with zero attached hydrogens (tertiary/aromatic N) is 1. The van der Waals surface area contributed by atoms with E-state index in [-0.39, 0.29) is 6.10 Å². The molecule has 1 aromatic rings. The summed E-state index contributed by atoms with van der Waals surface area (Å²) in [5.74, 6) is -0.452. The van der Waals surface area contributed by atoms with Gasteiger partial charge in [0.1, 0.15) is 0 Å². The smallest absolute Gasteiger partial charge is 0.248 e. The Labute approximate surface area is 113 Å². The van der Waals surface area contributed by atoms with Gasteiger partial charge in [-0.1, -0.05) is 6.07 Å². The summed E-state index contributed by atoms with van der Waals surface area (Å²) in [7, 11) is 0. The zero-order valence-corrected chi connectivity index (χ0v) is 11.4. The molecule has 5 heteroatoms. The van der Waals surface area contributed by atoms with Crippen molar-refractivity contribution in [2.45, 2.75) is 32.5 Å². The van der Waals surface area contributed by atoms with Gasteiger partial charge in [0, 0.05) is 30.4 Å². The van der Waals surface area contributed by atoms with E-state index < -0.39 is 5.91 Å². The minimum absolute atomic E-state index is 0.238. The molecule has 104 valence electrons. The van der Waals surface area contributed by atoms with Gasteiger partial charge >= 0.3 is 0 Å². The molecule has 1 heterocycles. The summed E-state index contributed by atoms with van der Waals surface area (Å²) < 4.78 is 5.60. The number of anilines is 1. The number of hydrogen-bond acceptors (Lipinski definition) is 4. The van der Waals surface area contributed by atoms with E-state index in [1.54, 1.807) is 12.1 Å². The van der Waals surface area contributed by atoms with Gasteiger partial charge in [-0.25, -0.2) is 0 Å². The predicted molar refractivity (Wildman–Crippen MR) is 74.7 cm³/mol. The fourth-order valence-corrected chi connectivity index (χ4v) is 2.30. The predicted octanol–water partition coefficient (Wildman–Crippen LogP) is 0.977. The van der Waals surface area contributed by atoms with E-state index in [9.17, 15) is 4.79 Å². The molecule has 2 unspecified atom stereocenters. The molecule has 0 saturated carbocycles. The van der Waals surface area contributed by atoms with Crippen LogP contribution in [-0.4, -0.2) is 36.1 Å². The van der Waals surface area contributed by atoms with Crippen molar-refractivity contribution < 1.29 is 9.53 Å². The summed E-state index contributed by atoms with van der Waals surface area (Å²) in [6, 6.07) is 5.61. The molecule has 2 atom stereocenters. The molecule has 1 saturated heterocycles. The van der Waals surface area contributed by atoms with Crippen molar-refractivity contribution in [3.8, 4) is 0 Å². The molecular formula is C14H21N3O2. The minimum Gasteiger partial charge on any atom is -0.398 e. The Morgan fingerprint density at radius 1 is 1.47 bits per heavy atom. The Hall–Kier alpha value is -1.59. The highest BCUT2D eigenvalue weighted by Crippen LogP contribution is 2.20. The number of nitrogens with two attached hydrogens (primary N) is 2. The maximum Gasteiger partial charge on any atom is 0.248 e. The van der Waals surface area contributed by atoms with Crippen molar-refractivity contribution in [1.82, 2.24) is 4.90 Å². The highest BCUT2D eigenvalue weighted by molar-refractivity contribution is 5.93. The summed E-state index contributed by atoms with van der Waals surface area (Å²) in [4.78, 5) is 13.4. The van der Waals surface area contributed by atoms with Crippen LogP contribution in [0.4, 0.5) is 5.69 Å². The average Bonchev–Trinajstić information content (AvgIpc) is 2.36. The summed E-state index contributed by atoms with van der Waals surface area (Å²) in [5.41, 5.74) is 13.3. The van der Waals surface area contributed by atoms with Crippen LogP contribution in [0.15, 0.2) is 18.2 Å². The van der Waals surface area contributed by atoms with Crippen LogP contribution in [0.5, 0.6) is 0 Å². The lowest BCUT2D eigenvalue weighted by Crippen LogP contribution is -2.46. The first kappa shape index (κ1) is 13.8. The van der Waals surface area contributed by atoms with Gasteiger partial charge in [0.05, 0.1) is 12.7 Å². The van der Waals surface area contributed by atoms with E-state index in [2.05, 4.69) is 18.7 Å². The molecule has 1 aliphatic heterocycles. The molecule has 1 fully saturated rings. The average molecular weight is 263 g/mol. The van der Waals surface area contributed by atoms with Gasteiger partial charge in [-0.05, 0) is 31.5 Å². The Morgan fingerprint density at radius 2 is 2.21 bits per heavy atom. The van der Waals surface area contributed by atoms with Gasteiger partial charge in [0.2, 0.25) is 5.91 Å². The topological polar surface area (TPSA) is 81.6 Å². The largest absolute Gasteiger partial charge is 0.398 e. The van der Waals surface area contributed by atoms with E-state index in [1.807, 2.05) is 6.07 Å². The molecule has 0 aliphatic carbocycles. The van der Waals surface area contributed by atoms with Crippen molar-refractivity contribution in [1.29, 1.82) is 0 Å². The first-order chi connectivity index (χ1) is 8.97. The van der Waals surface area contributed by atoms with Gasteiger partial charge in [0.25, 0.3) is 0 Å². The molecule has 1 amide bonds. The molecule has 1 aromatic carbocycles. The van der Waals surface area contributed by atoms with Gasteiger partial charge in [-0.15, -0.1) is 0 Å². The lowest BCUT2D eigenvalue weighted by atomic mass is 10.1. The molecule has 4 N–H and O–H groups in total. The standard InChI is InChI=1S/C14H21N3O2/c1-9-8-19-10(2)6-17(9)7-12-4-3-11(14(16)18)5-13(12)15/h3-5,9-10H,6-8,15H2,1-2H3,(H2,16,18). The quantitative estimate of drug-likeness (QED) is 0.796. The van der Waals surface area contributed by atoms with Gasteiger partial charge in [-0.3, -0.25) is 9.69 Å². The van der Waals surface area contributed by atoms with Crippen LogP contribution in [0.1, 0.15) is 29.8 Å². The van der Waals surface area contributed by atoms with Gasteiger partial charge in [0.15, 0.2) is 0 Å². The molecule has 1 aliphatic rings. The third-order valence-corrected chi connectivity index (χ3v) is 3.54. The molecule has 5 nitrogen and oxygen atoms in total. The second-order valence-electron chi connectivity index (χ2n) is 5.20. The highest BCUT2D eigenvalue weighted by Gasteiger charge is 2.23. The van der Waals surface area contributed by atoms with Crippen LogP contribution < -0.4 is 11.5 Å². The molecular weight excluding hydrogens is 242 g/mol. The Bertz CT molecular complexity index is 476. The maximum absolute atomic E-state index is 11.1. The summed E-state index contributed by atoms with van der Waals surface area (Å²) in [6.45, 7) is 6.59. The number of carbonyl (C=O) groups is 1. The zero-order valence-electron chi connectivity index (χ0n) is 11.4. The Balaban J connectivity index is 2.12. The van der Waals surface area contributed by atoms with E-state index >= 15 is 0 Å². The SMILES string of the molecule is CC1CN(Cc2ccc(C(N)=O)cc2N)C(C)CO1. The number of carbonyl (C=O) groups excluding carboxylic acids is 1. The van der Waals surface area contributed by atoms with Crippen molar-refractivity contribution in [2.24, 2.45) is 5.73 Å².